The maximum atomic E-state index is 13.2. The summed E-state index contributed by atoms with van der Waals surface area (Å²) in [5, 5.41) is 7.50. The maximum Gasteiger partial charge on any atom is 0.257 e. The highest BCUT2D eigenvalue weighted by molar-refractivity contribution is 6.01. The highest BCUT2D eigenvalue weighted by Crippen LogP contribution is 2.25. The number of hydrogen-bond donors (Lipinski definition) is 1. The minimum atomic E-state index is -0.248. The van der Waals surface area contributed by atoms with E-state index in [-0.39, 0.29) is 24.4 Å². The third-order valence-corrected chi connectivity index (χ3v) is 4.43. The molecule has 29 heavy (non-hydrogen) atoms. The van der Waals surface area contributed by atoms with Crippen LogP contribution in [0.2, 0.25) is 0 Å². The number of nitrogens with one attached hydrogen (secondary N) is 1. The van der Waals surface area contributed by atoms with E-state index < -0.39 is 0 Å². The average molecular weight is 390 g/mol. The van der Waals surface area contributed by atoms with Crippen LogP contribution in [-0.2, 0) is 4.79 Å². The Kier molecular flexibility index (Phi) is 6.12. The van der Waals surface area contributed by atoms with Gasteiger partial charge in [0.1, 0.15) is 5.69 Å². The molecule has 1 aromatic heterocycles. The molecule has 1 N–H and O–H groups in total. The van der Waals surface area contributed by atoms with Gasteiger partial charge in [-0.1, -0.05) is 42.0 Å². The lowest BCUT2D eigenvalue weighted by Crippen LogP contribution is -2.40. The first kappa shape index (κ1) is 20.3. The fraction of sp³-hybridized carbons (Fsp3) is 0.261. The number of nitrogens with zero attached hydrogens (tertiary/aromatic N) is 3. The van der Waals surface area contributed by atoms with Crippen LogP contribution in [0.3, 0.4) is 0 Å². The highest BCUT2D eigenvalue weighted by Gasteiger charge is 2.23. The minimum Gasteiger partial charge on any atom is -0.352 e. The van der Waals surface area contributed by atoms with Crippen LogP contribution in [-0.4, -0.2) is 46.1 Å². The Morgan fingerprint density at radius 2 is 1.83 bits per heavy atom. The summed E-state index contributed by atoms with van der Waals surface area (Å²) in [5.74, 6) is -0.439. The summed E-state index contributed by atoms with van der Waals surface area (Å²) in [6.07, 6.45) is 1.73. The van der Waals surface area contributed by atoms with Crippen molar-refractivity contribution in [3.8, 4) is 16.9 Å². The van der Waals surface area contributed by atoms with Gasteiger partial charge in [-0.2, -0.15) is 5.10 Å². The summed E-state index contributed by atoms with van der Waals surface area (Å²) in [7, 11) is 1.63. The molecule has 3 aromatic rings. The molecule has 1 heterocycles. The predicted octanol–water partition coefficient (Wildman–Crippen LogP) is 3.44. The van der Waals surface area contributed by atoms with E-state index in [2.05, 4.69) is 5.32 Å². The molecule has 0 fully saturated rings. The normalized spacial score (nSPS) is 10.8. The Bertz CT molecular complexity index is 1010. The molecule has 0 bridgehead atoms. The molecule has 150 valence electrons. The summed E-state index contributed by atoms with van der Waals surface area (Å²) in [6, 6.07) is 17.5. The van der Waals surface area contributed by atoms with E-state index in [9.17, 15) is 9.59 Å². The van der Waals surface area contributed by atoms with Crippen LogP contribution in [0.25, 0.3) is 16.9 Å². The van der Waals surface area contributed by atoms with E-state index >= 15 is 0 Å². The van der Waals surface area contributed by atoms with Crippen LogP contribution in [0.4, 0.5) is 0 Å². The predicted molar refractivity (Wildman–Crippen MR) is 114 cm³/mol. The van der Waals surface area contributed by atoms with E-state index in [0.717, 1.165) is 16.8 Å². The molecule has 0 aliphatic rings. The molecule has 0 atom stereocenters. The smallest absolute Gasteiger partial charge is 0.257 e. The fourth-order valence-electron chi connectivity index (χ4n) is 3.11. The van der Waals surface area contributed by atoms with Gasteiger partial charge in [-0.3, -0.25) is 9.59 Å². The number of hydrogen-bond acceptors (Lipinski definition) is 3. The SMILES string of the molecule is Cc1cccc(-c2nn(-c3ccccc3)cc2C(=O)N(C)CC(=O)NC(C)C)c1. The monoisotopic (exact) mass is 390 g/mol. The number of rotatable bonds is 6. The van der Waals surface area contributed by atoms with Gasteiger partial charge in [-0.25, -0.2) is 4.68 Å². The van der Waals surface area contributed by atoms with E-state index in [4.69, 9.17) is 5.10 Å². The molecule has 0 saturated carbocycles. The first-order valence-corrected chi connectivity index (χ1v) is 9.62. The lowest BCUT2D eigenvalue weighted by Gasteiger charge is -2.17. The van der Waals surface area contributed by atoms with Crippen molar-refractivity contribution in [2.75, 3.05) is 13.6 Å². The molecule has 2 amide bonds. The Morgan fingerprint density at radius 1 is 1.10 bits per heavy atom. The van der Waals surface area contributed by atoms with Crippen LogP contribution in [0.1, 0.15) is 29.8 Å². The lowest BCUT2D eigenvalue weighted by molar-refractivity contribution is -0.122. The van der Waals surface area contributed by atoms with Crippen molar-refractivity contribution in [2.24, 2.45) is 0 Å². The summed E-state index contributed by atoms with van der Waals surface area (Å²) >= 11 is 0. The molecule has 0 aliphatic heterocycles. The second-order valence-electron chi connectivity index (χ2n) is 7.42. The molecule has 0 aliphatic carbocycles. The molecule has 0 radical (unpaired) electrons. The van der Waals surface area contributed by atoms with Gasteiger partial charge in [0.05, 0.1) is 17.8 Å². The Labute approximate surface area is 171 Å². The van der Waals surface area contributed by atoms with E-state index in [1.54, 1.807) is 17.9 Å². The Balaban J connectivity index is 1.98. The number of likely N-dealkylation sites (N-methyl/N-ethyl adjacent to an activating group) is 1. The largest absolute Gasteiger partial charge is 0.352 e. The number of amides is 2. The number of para-hydroxylation sites is 1. The van der Waals surface area contributed by atoms with Gasteiger partial charge in [-0.05, 0) is 39.0 Å². The van der Waals surface area contributed by atoms with Gasteiger partial charge < -0.3 is 10.2 Å². The van der Waals surface area contributed by atoms with Crippen molar-refractivity contribution in [3.63, 3.8) is 0 Å². The molecule has 0 unspecified atom stereocenters. The van der Waals surface area contributed by atoms with Gasteiger partial charge in [0.15, 0.2) is 0 Å². The van der Waals surface area contributed by atoms with Crippen LogP contribution >= 0.6 is 0 Å². The van der Waals surface area contributed by atoms with Gasteiger partial charge in [0.25, 0.3) is 5.91 Å². The molecule has 2 aromatic carbocycles. The summed E-state index contributed by atoms with van der Waals surface area (Å²) in [4.78, 5) is 26.7. The zero-order valence-electron chi connectivity index (χ0n) is 17.2. The standard InChI is InChI=1S/C23H26N4O2/c1-16(2)24-21(28)15-26(4)23(29)20-14-27(19-11-6-5-7-12-19)25-22(20)18-10-8-9-17(3)13-18/h5-14,16H,15H2,1-4H3,(H,24,28). The van der Waals surface area contributed by atoms with Crippen molar-refractivity contribution in [2.45, 2.75) is 26.8 Å². The highest BCUT2D eigenvalue weighted by atomic mass is 16.2. The van der Waals surface area contributed by atoms with Gasteiger partial charge in [0.2, 0.25) is 5.91 Å². The second-order valence-corrected chi connectivity index (χ2v) is 7.42. The quantitative estimate of drug-likeness (QED) is 0.701. The van der Waals surface area contributed by atoms with Crippen molar-refractivity contribution in [3.05, 3.63) is 71.9 Å². The topological polar surface area (TPSA) is 67.2 Å². The first-order chi connectivity index (χ1) is 13.8. The number of carbonyl (C=O) groups is 2. The number of aromatic nitrogens is 2. The van der Waals surface area contributed by atoms with Gasteiger partial charge >= 0.3 is 0 Å². The van der Waals surface area contributed by atoms with Crippen molar-refractivity contribution >= 4 is 11.8 Å². The zero-order chi connectivity index (χ0) is 21.0. The number of carbonyl (C=O) groups excluding carboxylic acids is 2. The van der Waals surface area contributed by atoms with Crippen LogP contribution in [0.15, 0.2) is 60.8 Å². The number of aryl methyl sites for hydroxylation is 1. The van der Waals surface area contributed by atoms with Crippen LogP contribution in [0.5, 0.6) is 0 Å². The summed E-state index contributed by atoms with van der Waals surface area (Å²) < 4.78 is 1.70. The third-order valence-electron chi connectivity index (χ3n) is 4.43. The third kappa shape index (κ3) is 4.90. The molecular weight excluding hydrogens is 364 g/mol. The first-order valence-electron chi connectivity index (χ1n) is 9.62. The van der Waals surface area contributed by atoms with Crippen LogP contribution in [0, 0.1) is 6.92 Å². The maximum absolute atomic E-state index is 13.2. The molecule has 0 spiro atoms. The van der Waals surface area contributed by atoms with Crippen molar-refractivity contribution in [1.82, 2.24) is 20.0 Å². The molecule has 3 rings (SSSR count). The molecule has 0 saturated heterocycles. The molecule has 6 heteroatoms. The van der Waals surface area contributed by atoms with Crippen molar-refractivity contribution in [1.29, 1.82) is 0 Å². The fourth-order valence-corrected chi connectivity index (χ4v) is 3.11. The Morgan fingerprint density at radius 3 is 2.48 bits per heavy atom. The van der Waals surface area contributed by atoms with E-state index in [0.29, 0.717) is 11.3 Å². The van der Waals surface area contributed by atoms with Gasteiger partial charge in [-0.15, -0.1) is 0 Å². The Hall–Kier alpha value is -3.41. The summed E-state index contributed by atoms with van der Waals surface area (Å²) in [6.45, 7) is 5.77. The molecule has 6 nitrogen and oxygen atoms in total. The van der Waals surface area contributed by atoms with Crippen molar-refractivity contribution < 1.29 is 9.59 Å². The van der Waals surface area contributed by atoms with E-state index in [1.165, 1.54) is 4.90 Å². The van der Waals surface area contributed by atoms with Gasteiger partial charge in [0, 0.05) is 24.8 Å². The lowest BCUT2D eigenvalue weighted by atomic mass is 10.1. The minimum absolute atomic E-state index is 0.0131. The number of benzene rings is 2. The second kappa shape index (κ2) is 8.73. The van der Waals surface area contributed by atoms with Crippen LogP contribution < -0.4 is 5.32 Å². The summed E-state index contributed by atoms with van der Waals surface area (Å²) in [5.41, 5.74) is 3.86. The molecular formula is C23H26N4O2. The average Bonchev–Trinajstić information content (AvgIpc) is 3.12. The van der Waals surface area contributed by atoms with E-state index in [1.807, 2.05) is 75.4 Å². The zero-order valence-corrected chi connectivity index (χ0v) is 17.2.